The summed E-state index contributed by atoms with van der Waals surface area (Å²) in [6, 6.07) is 14.8. The molecule has 0 unspecified atom stereocenters. The van der Waals surface area contributed by atoms with Crippen molar-refractivity contribution in [3.8, 4) is 0 Å². The minimum atomic E-state index is -3.45. The van der Waals surface area contributed by atoms with Crippen molar-refractivity contribution in [3.63, 3.8) is 0 Å². The van der Waals surface area contributed by atoms with E-state index >= 15 is 0 Å². The summed E-state index contributed by atoms with van der Waals surface area (Å²) in [6.07, 6.45) is 1.13. The van der Waals surface area contributed by atoms with Gasteiger partial charge < -0.3 is 5.32 Å². The average molecular weight is 389 g/mol. The van der Waals surface area contributed by atoms with Crippen molar-refractivity contribution in [2.24, 2.45) is 0 Å². The zero-order valence-electron chi connectivity index (χ0n) is 16.2. The number of rotatable bonds is 9. The molecule has 2 rings (SSSR count). The van der Waals surface area contributed by atoms with Crippen LogP contribution in [-0.4, -0.2) is 31.7 Å². The van der Waals surface area contributed by atoms with Crippen LogP contribution in [0.15, 0.2) is 53.4 Å². The molecule has 1 N–H and O–H groups in total. The summed E-state index contributed by atoms with van der Waals surface area (Å²) in [5.74, 6) is -0.0173. The first-order chi connectivity index (χ1) is 12.9. The molecule has 0 saturated carbocycles. The maximum atomic E-state index is 12.5. The lowest BCUT2D eigenvalue weighted by molar-refractivity contribution is -0.121. The zero-order valence-corrected chi connectivity index (χ0v) is 17.1. The predicted octanol–water partition coefficient (Wildman–Crippen LogP) is 3.27. The SMILES string of the molecule is CCN(CC)S(=O)(=O)c1ccc(CNC(=O)CCc2cccc(C)c2)cc1. The largest absolute Gasteiger partial charge is 0.352 e. The maximum Gasteiger partial charge on any atom is 0.243 e. The fourth-order valence-corrected chi connectivity index (χ4v) is 4.36. The molecule has 0 heterocycles. The Morgan fingerprint density at radius 1 is 1.00 bits per heavy atom. The minimum Gasteiger partial charge on any atom is -0.352 e. The fourth-order valence-electron chi connectivity index (χ4n) is 2.91. The summed E-state index contributed by atoms with van der Waals surface area (Å²) in [4.78, 5) is 12.3. The molecule has 0 aliphatic heterocycles. The van der Waals surface area contributed by atoms with Crippen molar-refractivity contribution in [1.82, 2.24) is 9.62 Å². The smallest absolute Gasteiger partial charge is 0.243 e. The van der Waals surface area contributed by atoms with Crippen molar-refractivity contribution in [3.05, 3.63) is 65.2 Å². The van der Waals surface area contributed by atoms with E-state index in [1.165, 1.54) is 9.87 Å². The van der Waals surface area contributed by atoms with Crippen LogP contribution in [0.5, 0.6) is 0 Å². The number of benzene rings is 2. The molecule has 0 bridgehead atoms. The van der Waals surface area contributed by atoms with Crippen molar-refractivity contribution in [1.29, 1.82) is 0 Å². The van der Waals surface area contributed by atoms with Gasteiger partial charge >= 0.3 is 0 Å². The van der Waals surface area contributed by atoms with Crippen molar-refractivity contribution < 1.29 is 13.2 Å². The highest BCUT2D eigenvalue weighted by atomic mass is 32.2. The Kier molecular flexibility index (Phi) is 7.56. The first-order valence-corrected chi connectivity index (χ1v) is 10.7. The molecule has 0 aromatic heterocycles. The zero-order chi connectivity index (χ0) is 19.9. The summed E-state index contributed by atoms with van der Waals surface area (Å²) in [6.45, 7) is 6.95. The number of hydrogen-bond donors (Lipinski definition) is 1. The normalized spacial score (nSPS) is 11.6. The predicted molar refractivity (Wildman–Crippen MR) is 108 cm³/mol. The van der Waals surface area contributed by atoms with E-state index < -0.39 is 10.0 Å². The number of hydrogen-bond acceptors (Lipinski definition) is 3. The molecule has 0 saturated heterocycles. The van der Waals surface area contributed by atoms with E-state index in [1.807, 2.05) is 39.0 Å². The van der Waals surface area contributed by atoms with Gasteiger partial charge in [-0.3, -0.25) is 4.79 Å². The van der Waals surface area contributed by atoms with E-state index in [0.29, 0.717) is 32.5 Å². The third-order valence-electron chi connectivity index (χ3n) is 4.48. The lowest BCUT2D eigenvalue weighted by Crippen LogP contribution is -2.30. The molecule has 6 heteroatoms. The Labute approximate surface area is 162 Å². The number of nitrogens with one attached hydrogen (secondary N) is 1. The molecule has 5 nitrogen and oxygen atoms in total. The molecule has 2 aromatic rings. The lowest BCUT2D eigenvalue weighted by Gasteiger charge is -2.18. The average Bonchev–Trinajstić information content (AvgIpc) is 2.66. The van der Waals surface area contributed by atoms with Gasteiger partial charge in [0, 0.05) is 26.1 Å². The third kappa shape index (κ3) is 5.91. The number of carbonyl (C=O) groups excluding carboxylic acids is 1. The Hall–Kier alpha value is -2.18. The molecule has 0 radical (unpaired) electrons. The summed E-state index contributed by atoms with van der Waals surface area (Å²) in [7, 11) is -3.45. The molecule has 0 atom stereocenters. The number of nitrogens with zero attached hydrogens (tertiary/aromatic N) is 1. The van der Waals surface area contributed by atoms with Gasteiger partial charge in [0.1, 0.15) is 0 Å². The van der Waals surface area contributed by atoms with Gasteiger partial charge in [-0.2, -0.15) is 4.31 Å². The summed E-state index contributed by atoms with van der Waals surface area (Å²) in [5, 5.41) is 2.89. The standard InChI is InChI=1S/C21H28N2O3S/c1-4-23(5-2)27(25,26)20-12-9-19(10-13-20)16-22-21(24)14-11-18-8-6-7-17(3)15-18/h6-10,12-13,15H,4-5,11,14,16H2,1-3H3,(H,22,24). The van der Waals surface area contributed by atoms with Gasteiger partial charge in [0.05, 0.1) is 4.90 Å². The second-order valence-electron chi connectivity index (χ2n) is 6.50. The molecule has 146 valence electrons. The number of aryl methyl sites for hydroxylation is 2. The Bertz CT molecular complexity index is 857. The van der Waals surface area contributed by atoms with Crippen LogP contribution in [-0.2, 0) is 27.8 Å². The highest BCUT2D eigenvalue weighted by Crippen LogP contribution is 2.16. The molecular formula is C21H28N2O3S. The van der Waals surface area contributed by atoms with E-state index in [0.717, 1.165) is 11.1 Å². The van der Waals surface area contributed by atoms with Gasteiger partial charge in [0.15, 0.2) is 0 Å². The molecule has 2 aromatic carbocycles. The topological polar surface area (TPSA) is 66.5 Å². The van der Waals surface area contributed by atoms with Crippen molar-refractivity contribution >= 4 is 15.9 Å². The van der Waals surface area contributed by atoms with Crippen LogP contribution in [0.3, 0.4) is 0 Å². The van der Waals surface area contributed by atoms with E-state index in [1.54, 1.807) is 24.3 Å². The van der Waals surface area contributed by atoms with E-state index in [2.05, 4.69) is 11.4 Å². The Morgan fingerprint density at radius 2 is 1.67 bits per heavy atom. The van der Waals surface area contributed by atoms with Crippen LogP contribution >= 0.6 is 0 Å². The van der Waals surface area contributed by atoms with E-state index in [9.17, 15) is 13.2 Å². The van der Waals surface area contributed by atoms with Crippen molar-refractivity contribution in [2.45, 2.75) is 45.1 Å². The Morgan fingerprint density at radius 3 is 2.26 bits per heavy atom. The minimum absolute atomic E-state index is 0.0173. The molecule has 27 heavy (non-hydrogen) atoms. The molecule has 0 fully saturated rings. The summed E-state index contributed by atoms with van der Waals surface area (Å²) >= 11 is 0. The van der Waals surface area contributed by atoms with Crippen LogP contribution in [0.4, 0.5) is 0 Å². The third-order valence-corrected chi connectivity index (χ3v) is 6.54. The highest BCUT2D eigenvalue weighted by Gasteiger charge is 2.21. The van der Waals surface area contributed by atoms with Gasteiger partial charge in [0.2, 0.25) is 15.9 Å². The highest BCUT2D eigenvalue weighted by molar-refractivity contribution is 7.89. The van der Waals surface area contributed by atoms with Gasteiger partial charge in [-0.25, -0.2) is 8.42 Å². The first kappa shape index (κ1) is 21.1. The number of carbonyl (C=O) groups is 1. The van der Waals surface area contributed by atoms with Crippen LogP contribution in [0.2, 0.25) is 0 Å². The fraction of sp³-hybridized carbons (Fsp3) is 0.381. The van der Waals surface area contributed by atoms with Crippen molar-refractivity contribution in [2.75, 3.05) is 13.1 Å². The lowest BCUT2D eigenvalue weighted by atomic mass is 10.1. The first-order valence-electron chi connectivity index (χ1n) is 9.28. The number of sulfonamides is 1. The molecule has 0 aliphatic carbocycles. The van der Waals surface area contributed by atoms with Gasteiger partial charge in [-0.15, -0.1) is 0 Å². The van der Waals surface area contributed by atoms with E-state index in [-0.39, 0.29) is 10.8 Å². The van der Waals surface area contributed by atoms with Crippen LogP contribution in [0.25, 0.3) is 0 Å². The van der Waals surface area contributed by atoms with Crippen LogP contribution in [0.1, 0.15) is 37.0 Å². The Balaban J connectivity index is 1.88. The summed E-state index contributed by atoms with van der Waals surface area (Å²) in [5.41, 5.74) is 3.21. The summed E-state index contributed by atoms with van der Waals surface area (Å²) < 4.78 is 26.4. The molecule has 0 spiro atoms. The van der Waals surface area contributed by atoms with Gasteiger partial charge in [-0.05, 0) is 36.6 Å². The molecular weight excluding hydrogens is 360 g/mol. The monoisotopic (exact) mass is 388 g/mol. The second-order valence-corrected chi connectivity index (χ2v) is 8.44. The quantitative estimate of drug-likeness (QED) is 0.717. The van der Waals surface area contributed by atoms with Gasteiger partial charge in [-0.1, -0.05) is 55.8 Å². The van der Waals surface area contributed by atoms with Crippen LogP contribution in [0, 0.1) is 6.92 Å². The molecule has 0 aliphatic rings. The maximum absolute atomic E-state index is 12.5. The van der Waals surface area contributed by atoms with Gasteiger partial charge in [0.25, 0.3) is 0 Å². The van der Waals surface area contributed by atoms with Crippen LogP contribution < -0.4 is 5.32 Å². The van der Waals surface area contributed by atoms with E-state index in [4.69, 9.17) is 0 Å². The second kappa shape index (κ2) is 9.67. The number of amides is 1. The molecule has 1 amide bonds.